The molecule has 0 amide bonds. The van der Waals surface area contributed by atoms with Gasteiger partial charge in [0, 0.05) is 140 Å². The van der Waals surface area contributed by atoms with E-state index in [1.165, 1.54) is 25.3 Å². The Balaban J connectivity index is -0.000000316. The Morgan fingerprint density at radius 3 is 0.523 bits per heavy atom. The third-order valence-corrected chi connectivity index (χ3v) is 15.1. The van der Waals surface area contributed by atoms with Crippen molar-refractivity contribution >= 4 is 74.6 Å². The van der Waals surface area contributed by atoms with E-state index in [0.29, 0.717) is 12.1 Å². The fraction of sp³-hybridized carbons (Fsp3) is 0.388. The van der Waals surface area contributed by atoms with Crippen LogP contribution in [0.25, 0.3) is 0 Å². The molecule has 0 atom stereocenters. The van der Waals surface area contributed by atoms with Gasteiger partial charge in [0.15, 0.2) is 0 Å². The first-order valence-electron chi connectivity index (χ1n) is 41.8. The third kappa shape index (κ3) is 70.5. The third-order valence-electron chi connectivity index (χ3n) is 15.1. The standard InChI is InChI=1S/2C10H15N2.4C9H13N2.2C8H11N2.2C7H9N2.2C6H7N2.6Mn/c2*1-3-4-7-11-8-10-6-5-9(2)12-10;2*1-7(2)10-6-9-5-4-8(3)11-9;2*1-3-6-10-7-9-5-4-8(2)11-9;2*1-3-9-6-8-5-4-7(2)10-8;2*1-6-3-4-7(9-6)5-8-2;2*1-5-2-3-6(4-7)8-5;;;;;;/h2*5-6,8H,3-4,7H2,1-2H3;2*4-7H,1-3H3;2*4-5,7H,3,6H2,1-2H3;2*4-6H,3H2,1-2H3;2*3-5H,1-2H3;2*2-4,7H,1H3;;;;;;/q12*-1;6*+2. The minimum Gasteiger partial charge on any atom is -0.660 e. The number of hydrogen-bond acceptors (Lipinski definition) is 12. The second kappa shape index (κ2) is 83.2. The smallest absolute Gasteiger partial charge is 0.660 e. The fourth-order valence-electron chi connectivity index (χ4n) is 9.16. The number of unbranched alkanes of at least 4 members (excludes halogenated alkanes) is 2. The van der Waals surface area contributed by atoms with Gasteiger partial charge in [0.1, 0.15) is 0 Å². The van der Waals surface area contributed by atoms with Crippen LogP contribution in [0.1, 0.15) is 244 Å². The molecule has 12 rings (SSSR count). The van der Waals surface area contributed by atoms with Gasteiger partial charge in [0.2, 0.25) is 0 Å². The van der Waals surface area contributed by atoms with E-state index < -0.39 is 0 Å². The maximum absolute atomic E-state index is 6.77. The molecule has 0 saturated carbocycles. The molecule has 0 aliphatic heterocycles. The minimum atomic E-state index is 0. The van der Waals surface area contributed by atoms with Gasteiger partial charge in [-0.3, -0.25) is 49.9 Å². The Labute approximate surface area is 829 Å². The first kappa shape index (κ1) is 129. The van der Waals surface area contributed by atoms with Crippen molar-refractivity contribution in [3.63, 3.8) is 0 Å². The summed E-state index contributed by atoms with van der Waals surface area (Å²) in [7, 11) is 3.48. The summed E-state index contributed by atoms with van der Waals surface area (Å²) < 4.78 is 0. The molecular weight excluding hydrogens is 1840 g/mol. The van der Waals surface area contributed by atoms with Crippen LogP contribution in [0.15, 0.2) is 196 Å². The molecule has 0 aromatic carbocycles. The maximum atomic E-state index is 6.77. The Bertz CT molecular complexity index is 4610. The first-order chi connectivity index (χ1) is 58.6. The van der Waals surface area contributed by atoms with Gasteiger partial charge in [-0.2, -0.15) is 68.3 Å². The van der Waals surface area contributed by atoms with Gasteiger partial charge in [-0.25, -0.2) is 0 Å². The van der Waals surface area contributed by atoms with Gasteiger partial charge in [-0.15, -0.1) is 68.3 Å². The van der Waals surface area contributed by atoms with E-state index in [4.69, 9.17) is 10.8 Å². The minimum absolute atomic E-state index is 0. The van der Waals surface area contributed by atoms with E-state index in [9.17, 15) is 0 Å². The van der Waals surface area contributed by atoms with Crippen LogP contribution in [0.2, 0.25) is 0 Å². The molecule has 0 saturated heterocycles. The van der Waals surface area contributed by atoms with Crippen molar-refractivity contribution in [1.82, 2.24) is 59.8 Å². The zero-order chi connectivity index (χ0) is 90.5. The average molecular weight is 1980 g/mol. The van der Waals surface area contributed by atoms with Crippen LogP contribution >= 0.6 is 0 Å². The van der Waals surface area contributed by atoms with Gasteiger partial charge in [-0.1, -0.05) is 269 Å². The molecule has 0 aliphatic rings. The van der Waals surface area contributed by atoms with E-state index in [-0.39, 0.29) is 102 Å². The zero-order valence-electron chi connectivity index (χ0n) is 79.5. The Morgan fingerprint density at radius 2 is 0.391 bits per heavy atom. The molecule has 12 heterocycles. The molecule has 0 aliphatic carbocycles. The van der Waals surface area contributed by atoms with Crippen molar-refractivity contribution in [2.24, 2.45) is 49.9 Å². The number of rotatable bonds is 26. The molecule has 2 N–H and O–H groups in total. The molecule has 6 radical (unpaired) electrons. The molecule has 24 nitrogen and oxygen atoms in total. The molecule has 30 heteroatoms. The number of aliphatic imine (C=N–C) groups is 10. The van der Waals surface area contributed by atoms with Crippen LogP contribution in [0, 0.1) is 93.9 Å². The predicted octanol–water partition coefficient (Wildman–Crippen LogP) is 18.1. The second-order valence-corrected chi connectivity index (χ2v) is 28.0. The summed E-state index contributed by atoms with van der Waals surface area (Å²) in [5.41, 5.74) is 23.6. The normalized spacial score (nSPS) is 10.4. The zero-order valence-corrected chi connectivity index (χ0v) is 86.6. The Hall–Kier alpha value is -9.48. The van der Waals surface area contributed by atoms with Crippen LogP contribution in [-0.4, -0.2) is 140 Å². The molecular formula is C98H136Mn6N24. The van der Waals surface area contributed by atoms with Gasteiger partial charge in [-0.05, 0) is 67.2 Å². The van der Waals surface area contributed by atoms with Crippen molar-refractivity contribution < 1.29 is 102 Å². The van der Waals surface area contributed by atoms with Crippen molar-refractivity contribution in [2.75, 3.05) is 53.4 Å². The van der Waals surface area contributed by atoms with Crippen molar-refractivity contribution in [3.05, 3.63) is 282 Å². The van der Waals surface area contributed by atoms with Crippen LogP contribution in [0.4, 0.5) is 0 Å². The van der Waals surface area contributed by atoms with Crippen molar-refractivity contribution in [2.45, 2.75) is 203 Å². The number of nitrogens with zero attached hydrogens (tertiary/aromatic N) is 22. The van der Waals surface area contributed by atoms with E-state index in [1.54, 1.807) is 39.0 Å². The topological polar surface area (TPSA) is 341 Å². The van der Waals surface area contributed by atoms with Gasteiger partial charge < -0.3 is 70.6 Å². The molecule has 0 fully saturated rings. The molecule has 12 aromatic rings. The number of hydrogen-bond donors (Lipinski definition) is 2. The molecule has 128 heavy (non-hydrogen) atoms. The summed E-state index contributed by atoms with van der Waals surface area (Å²) >= 11 is 0. The quantitative estimate of drug-likeness (QED) is 0.0290. The largest absolute Gasteiger partial charge is 2.00 e. The summed E-state index contributed by atoms with van der Waals surface area (Å²) in [4.78, 5) is 91.3. The summed E-state index contributed by atoms with van der Waals surface area (Å²) in [6, 6.07) is 47.7. The second-order valence-electron chi connectivity index (χ2n) is 28.0. The van der Waals surface area contributed by atoms with E-state index in [1.807, 2.05) is 308 Å². The molecule has 0 bridgehead atoms. The summed E-state index contributed by atoms with van der Waals surface area (Å²) in [5.74, 6) is 0. The monoisotopic (exact) mass is 1980 g/mol. The van der Waals surface area contributed by atoms with E-state index in [0.717, 1.165) is 202 Å². The first-order valence-corrected chi connectivity index (χ1v) is 41.8. The molecule has 0 spiro atoms. The van der Waals surface area contributed by atoms with Crippen LogP contribution < -0.4 is 59.8 Å². The SMILES string of the molecule is CCCCN=Cc1ccc(C)[n-]1.CCCCN=Cc1ccc(C)[n-]1.CCCN=Cc1ccc(C)[n-]1.CCCN=Cc1ccc(C)[n-]1.CCN=Cc1ccc(C)[n-]1.CCN=Cc1ccc(C)[n-]1.CN=Cc1ccc(C)[n-]1.CN=Cc1ccc(C)[n-]1.Cc1ccc(C=N)[n-]1.Cc1ccc(C=N)[n-]1.Cc1ccc(C=NC(C)C)[n-]1.Cc1ccc(C=NC(C)C)[n-]1.[Mn+2].[Mn+2].[Mn+2].[Mn+2].[Mn+2].[Mn+2]. The number of nitrogens with one attached hydrogen (secondary N) is 2. The Morgan fingerprint density at radius 1 is 0.227 bits per heavy atom. The van der Waals surface area contributed by atoms with E-state index >= 15 is 0 Å². The van der Waals surface area contributed by atoms with Crippen LogP contribution in [0.5, 0.6) is 0 Å². The molecule has 12 aromatic heterocycles. The van der Waals surface area contributed by atoms with Crippen molar-refractivity contribution in [1.29, 1.82) is 10.8 Å². The van der Waals surface area contributed by atoms with Gasteiger partial charge in [0.25, 0.3) is 0 Å². The summed E-state index contributed by atoms with van der Waals surface area (Å²) in [5, 5.41) is 13.5. The number of aryl methyl sites for hydroxylation is 12. The summed E-state index contributed by atoms with van der Waals surface area (Å²) in [6.07, 6.45) is 27.5. The van der Waals surface area contributed by atoms with Crippen LogP contribution in [-0.2, 0) is 102 Å². The fourth-order valence-corrected chi connectivity index (χ4v) is 9.16. The van der Waals surface area contributed by atoms with E-state index in [2.05, 4.69) is 137 Å². The predicted molar refractivity (Wildman–Crippen MR) is 519 cm³/mol. The Kier molecular flexibility index (Phi) is 84.0. The average Bonchev–Trinajstić information content (AvgIpc) is 1.86. The number of aromatic nitrogens is 12. The molecule has 0 unspecified atom stereocenters. The van der Waals surface area contributed by atoms with Gasteiger partial charge >= 0.3 is 102 Å². The van der Waals surface area contributed by atoms with Crippen LogP contribution in [0.3, 0.4) is 0 Å². The maximum Gasteiger partial charge on any atom is 2.00 e. The molecule has 690 valence electrons. The van der Waals surface area contributed by atoms with Gasteiger partial charge in [0.05, 0.1) is 0 Å². The van der Waals surface area contributed by atoms with Crippen molar-refractivity contribution in [3.8, 4) is 0 Å². The summed E-state index contributed by atoms with van der Waals surface area (Å²) in [6.45, 7) is 49.6.